The average Bonchev–Trinajstić information content (AvgIpc) is 2.90. The van der Waals surface area contributed by atoms with E-state index < -0.39 is 43.8 Å². The molecule has 0 saturated carbocycles. The summed E-state index contributed by atoms with van der Waals surface area (Å²) >= 11 is 0. The molecule has 1 N–H and O–H groups in total. The minimum atomic E-state index is -4.62. The molecule has 2 heterocycles. The number of rotatable bonds is 10. The molecule has 4 rings (SSSR count). The van der Waals surface area contributed by atoms with Crippen molar-refractivity contribution >= 4 is 9.84 Å². The third-order valence-electron chi connectivity index (χ3n) is 6.34. The van der Waals surface area contributed by atoms with Crippen LogP contribution >= 0.6 is 0 Å². The van der Waals surface area contributed by atoms with E-state index in [2.05, 4.69) is 9.97 Å². The van der Waals surface area contributed by atoms with Gasteiger partial charge in [-0.15, -0.1) is 0 Å². The number of aromatic hydroxyl groups is 1. The second-order valence-electron chi connectivity index (χ2n) is 9.55. The van der Waals surface area contributed by atoms with Crippen LogP contribution < -0.4 is 5.56 Å². The highest BCUT2D eigenvalue weighted by Crippen LogP contribution is 2.33. The first kappa shape index (κ1) is 30.0. The normalized spacial score (nSPS) is 12.6. The molecule has 0 aliphatic carbocycles. The van der Waals surface area contributed by atoms with Gasteiger partial charge in [0.05, 0.1) is 23.6 Å². The maximum Gasteiger partial charge on any atom is 0.296 e. The molecule has 12 heteroatoms. The van der Waals surface area contributed by atoms with E-state index in [1.807, 2.05) is 13.0 Å². The molecule has 0 amide bonds. The number of halogens is 2. The first-order chi connectivity index (χ1) is 19.4. The standard InChI is InChI=1S/C29H29F2N3O6S/c1-17(2)40-16-26-33-28(35)27(29(36)34(26)25(15-39-4)20-12-21(30)14-22(31)13-20)41(37,38)23-9-7-19(8-10-23)24-6-5-11-32-18(24)3/h5-14,17,25,36H,15-16H2,1-4H3. The summed E-state index contributed by atoms with van der Waals surface area (Å²) < 4.78 is 67.7. The van der Waals surface area contributed by atoms with Crippen LogP contribution in [0.1, 0.15) is 37.0 Å². The molecule has 1 unspecified atom stereocenters. The summed E-state index contributed by atoms with van der Waals surface area (Å²) in [5.41, 5.74) is 1.03. The third kappa shape index (κ3) is 6.34. The van der Waals surface area contributed by atoms with Crippen molar-refractivity contribution in [3.63, 3.8) is 0 Å². The predicted octanol–water partition coefficient (Wildman–Crippen LogP) is 4.59. The van der Waals surface area contributed by atoms with Crippen molar-refractivity contribution in [3.8, 4) is 17.0 Å². The van der Waals surface area contributed by atoms with E-state index in [1.165, 1.54) is 19.2 Å². The van der Waals surface area contributed by atoms with Gasteiger partial charge in [-0.05, 0) is 62.2 Å². The zero-order valence-electron chi connectivity index (χ0n) is 22.8. The van der Waals surface area contributed by atoms with Crippen LogP contribution in [0.5, 0.6) is 5.88 Å². The average molecular weight is 586 g/mol. The van der Waals surface area contributed by atoms with Crippen molar-refractivity contribution in [2.75, 3.05) is 13.7 Å². The second kappa shape index (κ2) is 12.2. The molecule has 41 heavy (non-hydrogen) atoms. The molecule has 0 fully saturated rings. The Morgan fingerprint density at radius 3 is 2.29 bits per heavy atom. The summed E-state index contributed by atoms with van der Waals surface area (Å²) in [4.78, 5) is 20.1. The summed E-state index contributed by atoms with van der Waals surface area (Å²) in [5.74, 6) is -2.92. The highest BCUT2D eigenvalue weighted by atomic mass is 32.2. The van der Waals surface area contributed by atoms with Gasteiger partial charge in [0.1, 0.15) is 24.1 Å². The van der Waals surface area contributed by atoms with E-state index in [0.717, 1.165) is 28.0 Å². The van der Waals surface area contributed by atoms with E-state index in [1.54, 1.807) is 38.2 Å². The highest BCUT2D eigenvalue weighted by molar-refractivity contribution is 7.91. The fourth-order valence-corrected chi connectivity index (χ4v) is 5.77. The third-order valence-corrected chi connectivity index (χ3v) is 8.12. The Balaban J connectivity index is 1.91. The zero-order chi connectivity index (χ0) is 29.9. The lowest BCUT2D eigenvalue weighted by molar-refractivity contribution is 0.0554. The fraction of sp³-hybridized carbons (Fsp3) is 0.276. The van der Waals surface area contributed by atoms with Crippen molar-refractivity contribution in [1.29, 1.82) is 0 Å². The van der Waals surface area contributed by atoms with Crippen LogP contribution in [0, 0.1) is 18.6 Å². The minimum Gasteiger partial charge on any atom is -0.493 e. The first-order valence-electron chi connectivity index (χ1n) is 12.6. The molecule has 0 radical (unpaired) electrons. The number of sulfone groups is 1. The van der Waals surface area contributed by atoms with Gasteiger partial charge in [0.2, 0.25) is 15.7 Å². The highest BCUT2D eigenvalue weighted by Gasteiger charge is 2.33. The zero-order valence-corrected chi connectivity index (χ0v) is 23.7. The van der Waals surface area contributed by atoms with Crippen LogP contribution in [-0.4, -0.2) is 47.9 Å². The van der Waals surface area contributed by atoms with Gasteiger partial charge in [-0.3, -0.25) is 14.3 Å². The lowest BCUT2D eigenvalue weighted by Crippen LogP contribution is -2.30. The molecule has 9 nitrogen and oxygen atoms in total. The molecule has 1 atom stereocenters. The Kier molecular flexibility index (Phi) is 8.95. The van der Waals surface area contributed by atoms with Crippen molar-refractivity contribution in [1.82, 2.24) is 14.5 Å². The summed E-state index contributed by atoms with van der Waals surface area (Å²) in [6.07, 6.45) is 1.32. The molecule has 0 aliphatic rings. The van der Waals surface area contributed by atoms with E-state index in [-0.39, 0.29) is 35.6 Å². The molecule has 0 saturated heterocycles. The van der Waals surface area contributed by atoms with E-state index in [0.29, 0.717) is 11.6 Å². The lowest BCUT2D eigenvalue weighted by atomic mass is 10.1. The molecule has 0 aliphatic heterocycles. The van der Waals surface area contributed by atoms with E-state index in [9.17, 15) is 27.1 Å². The Hall–Kier alpha value is -4.00. The molecular formula is C29H29F2N3O6S. The number of nitrogens with zero attached hydrogens (tertiary/aromatic N) is 3. The van der Waals surface area contributed by atoms with Gasteiger partial charge in [-0.25, -0.2) is 17.2 Å². The molecule has 2 aromatic carbocycles. The number of methoxy groups -OCH3 is 1. The number of ether oxygens (including phenoxy) is 2. The fourth-order valence-electron chi connectivity index (χ4n) is 4.42. The second-order valence-corrected chi connectivity index (χ2v) is 11.4. The van der Waals surface area contributed by atoms with Gasteiger partial charge in [0.15, 0.2) is 4.90 Å². The summed E-state index contributed by atoms with van der Waals surface area (Å²) in [5, 5.41) is 11.4. The molecule has 4 aromatic rings. The SMILES string of the molecule is COCC(c1cc(F)cc(F)c1)n1c(COC(C)C)nc(=O)c(S(=O)(=O)c2ccc(-c3cccnc3C)cc2)c1O. The van der Waals surface area contributed by atoms with Crippen LogP contribution in [-0.2, 0) is 25.9 Å². The Labute approximate surface area is 236 Å². The van der Waals surface area contributed by atoms with Crippen LogP contribution in [0.4, 0.5) is 8.78 Å². The monoisotopic (exact) mass is 585 g/mol. The summed E-state index contributed by atoms with van der Waals surface area (Å²) in [7, 11) is -3.30. The number of aromatic nitrogens is 3. The van der Waals surface area contributed by atoms with Crippen molar-refractivity contribution in [3.05, 3.63) is 99.9 Å². The van der Waals surface area contributed by atoms with Crippen LogP contribution in [0.15, 0.2) is 75.4 Å². The van der Waals surface area contributed by atoms with Gasteiger partial charge in [0, 0.05) is 30.6 Å². The van der Waals surface area contributed by atoms with Gasteiger partial charge in [0.25, 0.3) is 5.56 Å². The minimum absolute atomic E-state index is 0.00966. The number of hydrogen-bond acceptors (Lipinski definition) is 8. The van der Waals surface area contributed by atoms with Gasteiger partial charge < -0.3 is 14.6 Å². The van der Waals surface area contributed by atoms with Crippen LogP contribution in [0.25, 0.3) is 11.1 Å². The molecule has 216 valence electrons. The number of hydrogen-bond donors (Lipinski definition) is 1. The summed E-state index contributed by atoms with van der Waals surface area (Å²) in [6.45, 7) is 4.71. The molecular weight excluding hydrogens is 556 g/mol. The molecule has 0 spiro atoms. The number of pyridine rings is 1. The largest absolute Gasteiger partial charge is 0.493 e. The molecule has 2 aromatic heterocycles. The Morgan fingerprint density at radius 2 is 1.71 bits per heavy atom. The van der Waals surface area contributed by atoms with Crippen molar-refractivity contribution in [2.24, 2.45) is 0 Å². The summed E-state index contributed by atoms with van der Waals surface area (Å²) in [6, 6.07) is 10.9. The van der Waals surface area contributed by atoms with Crippen molar-refractivity contribution in [2.45, 2.75) is 49.3 Å². The van der Waals surface area contributed by atoms with Crippen molar-refractivity contribution < 1.29 is 31.8 Å². The van der Waals surface area contributed by atoms with Gasteiger partial charge in [-0.1, -0.05) is 18.2 Å². The maximum absolute atomic E-state index is 14.2. The quantitative estimate of drug-likeness (QED) is 0.287. The van der Waals surface area contributed by atoms with E-state index >= 15 is 0 Å². The predicted molar refractivity (Wildman–Crippen MR) is 146 cm³/mol. The van der Waals surface area contributed by atoms with Crippen LogP contribution in [0.2, 0.25) is 0 Å². The Bertz CT molecular complexity index is 1700. The van der Waals surface area contributed by atoms with Crippen LogP contribution in [0.3, 0.4) is 0 Å². The Morgan fingerprint density at radius 1 is 1.05 bits per heavy atom. The molecule has 0 bridgehead atoms. The van der Waals surface area contributed by atoms with E-state index in [4.69, 9.17) is 9.47 Å². The maximum atomic E-state index is 14.2. The number of benzene rings is 2. The lowest BCUT2D eigenvalue weighted by Gasteiger charge is -2.26. The van der Waals surface area contributed by atoms with Gasteiger partial charge in [-0.2, -0.15) is 4.98 Å². The first-order valence-corrected chi connectivity index (χ1v) is 14.1. The topological polar surface area (TPSA) is 121 Å². The van der Waals surface area contributed by atoms with Gasteiger partial charge >= 0.3 is 0 Å². The number of aryl methyl sites for hydroxylation is 1. The smallest absolute Gasteiger partial charge is 0.296 e.